The van der Waals surface area contributed by atoms with E-state index in [1.807, 2.05) is 30.0 Å². The summed E-state index contributed by atoms with van der Waals surface area (Å²) in [4.78, 5) is 1.71. The average molecular weight is 601 g/mol. The van der Waals surface area contributed by atoms with Gasteiger partial charge in [0, 0.05) is 11.5 Å². The molecule has 0 fully saturated rings. The molecule has 2 aromatic rings. The highest BCUT2D eigenvalue weighted by atomic mass is 32.2. The van der Waals surface area contributed by atoms with Gasteiger partial charge in [-0.15, -0.1) is 11.8 Å². The molecule has 0 unspecified atom stereocenters. The summed E-state index contributed by atoms with van der Waals surface area (Å²) in [5.41, 5.74) is 2.13. The van der Waals surface area contributed by atoms with Crippen molar-refractivity contribution >= 4 is 33.8 Å². The highest BCUT2D eigenvalue weighted by Crippen LogP contribution is 2.22. The topological polar surface area (TPSA) is 54.4 Å². The third kappa shape index (κ3) is 17.2. The van der Waals surface area contributed by atoms with E-state index in [1.54, 1.807) is 12.1 Å². The van der Waals surface area contributed by atoms with E-state index >= 15 is 0 Å². The van der Waals surface area contributed by atoms with E-state index in [-0.39, 0.29) is 12.4 Å². The summed E-state index contributed by atoms with van der Waals surface area (Å²) >= 11 is 1.95. The molecule has 41 heavy (non-hydrogen) atoms. The van der Waals surface area contributed by atoms with Crippen molar-refractivity contribution in [2.24, 2.45) is 0 Å². The second-order valence-corrected chi connectivity index (χ2v) is 14.7. The Balaban J connectivity index is 1.55. The molecule has 0 bridgehead atoms. The Morgan fingerprint density at radius 1 is 0.585 bits per heavy atom. The highest BCUT2D eigenvalue weighted by Gasteiger charge is 2.13. The van der Waals surface area contributed by atoms with Gasteiger partial charge in [0.05, 0.1) is 10.6 Å². The van der Waals surface area contributed by atoms with Gasteiger partial charge >= 0.3 is 0 Å². The summed E-state index contributed by atoms with van der Waals surface area (Å²) in [6.07, 6.45) is 26.8. The summed E-state index contributed by atoms with van der Waals surface area (Å²) < 4.78 is 25.1. The van der Waals surface area contributed by atoms with Gasteiger partial charge in [0.15, 0.2) is 9.84 Å². The van der Waals surface area contributed by atoms with E-state index in [1.165, 1.54) is 101 Å². The Morgan fingerprint density at radius 3 is 1.54 bits per heavy atom. The van der Waals surface area contributed by atoms with Crippen molar-refractivity contribution in [2.45, 2.75) is 132 Å². The van der Waals surface area contributed by atoms with Crippen LogP contribution < -0.4 is 0 Å². The molecule has 1 N–H and O–H groups in total. The zero-order chi connectivity index (χ0) is 29.4. The minimum Gasteiger partial charge on any atom is -0.396 e. The Labute approximate surface area is 256 Å². The summed E-state index contributed by atoms with van der Waals surface area (Å²) in [6, 6.07) is 15.9. The monoisotopic (exact) mass is 600 g/mol. The van der Waals surface area contributed by atoms with E-state index in [4.69, 9.17) is 5.11 Å². The lowest BCUT2D eigenvalue weighted by atomic mass is 10.0. The number of rotatable bonds is 25. The number of unbranched alkanes of at least 4 members (excludes halogenated alkanes) is 16. The Kier molecular flexibility index (Phi) is 20.0. The van der Waals surface area contributed by atoms with Gasteiger partial charge in [0.25, 0.3) is 0 Å². The van der Waals surface area contributed by atoms with Gasteiger partial charge in [-0.25, -0.2) is 8.42 Å². The van der Waals surface area contributed by atoms with E-state index in [0.29, 0.717) is 11.3 Å². The fourth-order valence-corrected chi connectivity index (χ4v) is 7.30. The molecule has 0 aliphatic heterocycles. The molecule has 3 nitrogen and oxygen atoms in total. The van der Waals surface area contributed by atoms with Crippen molar-refractivity contribution < 1.29 is 13.5 Å². The van der Waals surface area contributed by atoms with Crippen molar-refractivity contribution in [1.82, 2.24) is 0 Å². The fraction of sp³-hybridized carbons (Fsp3) is 0.611. The second-order valence-electron chi connectivity index (χ2n) is 11.4. The molecule has 0 aliphatic rings. The normalized spacial score (nSPS) is 12.0. The zero-order valence-corrected chi connectivity index (χ0v) is 27.3. The van der Waals surface area contributed by atoms with Gasteiger partial charge in [-0.1, -0.05) is 140 Å². The van der Waals surface area contributed by atoms with Gasteiger partial charge in [0.1, 0.15) is 0 Å². The number of hydrogen-bond donors (Lipinski definition) is 1. The Hall–Kier alpha value is -1.56. The third-order valence-corrected chi connectivity index (χ3v) is 10.6. The van der Waals surface area contributed by atoms with Gasteiger partial charge in [0.2, 0.25) is 0 Å². The van der Waals surface area contributed by atoms with E-state index in [2.05, 4.69) is 37.3 Å². The van der Waals surface area contributed by atoms with E-state index in [0.717, 1.165) is 30.4 Å². The molecule has 230 valence electrons. The van der Waals surface area contributed by atoms with Crippen LogP contribution in [0.2, 0.25) is 0 Å². The lowest BCUT2D eigenvalue weighted by molar-refractivity contribution is 0.283. The summed E-state index contributed by atoms with van der Waals surface area (Å²) in [5.74, 6) is 1.35. The highest BCUT2D eigenvalue weighted by molar-refractivity contribution is 7.99. The van der Waals surface area contributed by atoms with Crippen LogP contribution >= 0.6 is 11.8 Å². The molecule has 0 amide bonds. The minimum atomic E-state index is -3.25. The maximum absolute atomic E-state index is 12.5. The predicted octanol–water partition coefficient (Wildman–Crippen LogP) is 10.8. The van der Waals surface area contributed by atoms with Crippen LogP contribution in [-0.4, -0.2) is 31.6 Å². The average Bonchev–Trinajstić information content (AvgIpc) is 2.99. The molecule has 0 saturated carbocycles. The largest absolute Gasteiger partial charge is 0.396 e. The van der Waals surface area contributed by atoms with Gasteiger partial charge in [-0.2, -0.15) is 0 Å². The molecule has 0 saturated heterocycles. The Bertz CT molecular complexity index is 1030. The maximum Gasteiger partial charge on any atom is 0.178 e. The molecule has 0 aromatic heterocycles. The number of benzene rings is 2. The van der Waals surface area contributed by atoms with Crippen LogP contribution in [0.15, 0.2) is 58.3 Å². The number of aliphatic hydroxyl groups is 1. The molecule has 0 radical (unpaired) electrons. The van der Waals surface area contributed by atoms with Crippen molar-refractivity contribution in [3.63, 3.8) is 0 Å². The Morgan fingerprint density at radius 2 is 1.02 bits per heavy atom. The molecule has 0 spiro atoms. The van der Waals surface area contributed by atoms with Crippen molar-refractivity contribution in [1.29, 1.82) is 0 Å². The van der Waals surface area contributed by atoms with Crippen LogP contribution in [0.25, 0.3) is 12.2 Å². The minimum absolute atomic E-state index is 0.164. The molecule has 5 heteroatoms. The SMILES string of the molecule is CCCCCCCCCCCCCCCCSc1ccc(C=Cc2ccc(S(=O)(=O)CCCCCCO)cc2)cc1. The lowest BCUT2D eigenvalue weighted by Crippen LogP contribution is -2.06. The van der Waals surface area contributed by atoms with Crippen LogP contribution in [0, 0.1) is 0 Å². The molecule has 0 heterocycles. The van der Waals surface area contributed by atoms with Crippen LogP contribution in [0.3, 0.4) is 0 Å². The first-order valence-corrected chi connectivity index (χ1v) is 19.0. The van der Waals surface area contributed by atoms with Crippen LogP contribution in [0.5, 0.6) is 0 Å². The quantitative estimate of drug-likeness (QED) is 0.0700. The molecular weight excluding hydrogens is 545 g/mol. The zero-order valence-electron chi connectivity index (χ0n) is 25.7. The first-order chi connectivity index (χ1) is 20.0. The van der Waals surface area contributed by atoms with Crippen molar-refractivity contribution in [3.8, 4) is 0 Å². The maximum atomic E-state index is 12.5. The molecule has 0 atom stereocenters. The van der Waals surface area contributed by atoms with E-state index < -0.39 is 9.84 Å². The van der Waals surface area contributed by atoms with Crippen molar-refractivity contribution in [2.75, 3.05) is 18.1 Å². The number of hydrogen-bond acceptors (Lipinski definition) is 4. The molecule has 0 aliphatic carbocycles. The summed E-state index contributed by atoms with van der Waals surface area (Å²) in [7, 11) is -3.25. The van der Waals surface area contributed by atoms with Crippen molar-refractivity contribution in [3.05, 3.63) is 59.7 Å². The first-order valence-electron chi connectivity index (χ1n) is 16.4. The lowest BCUT2D eigenvalue weighted by Gasteiger charge is -2.05. The summed E-state index contributed by atoms with van der Waals surface area (Å²) in [5, 5.41) is 8.84. The van der Waals surface area contributed by atoms with Crippen LogP contribution in [0.4, 0.5) is 0 Å². The second kappa shape index (κ2) is 23.0. The van der Waals surface area contributed by atoms with Gasteiger partial charge < -0.3 is 5.11 Å². The fourth-order valence-electron chi connectivity index (χ4n) is 5.02. The standard InChI is InChI=1S/C36H56O3S2/c1-2-3-4-5-6-7-8-9-10-11-12-13-15-18-31-40-35-26-22-33(23-27-35)20-21-34-24-28-36(29-25-34)41(38,39)32-19-16-14-17-30-37/h20-29,37H,2-19,30-32H2,1H3. The number of aliphatic hydroxyl groups excluding tert-OH is 1. The predicted molar refractivity (Wildman–Crippen MR) is 180 cm³/mol. The molecule has 2 aromatic carbocycles. The van der Waals surface area contributed by atoms with Crippen LogP contribution in [-0.2, 0) is 9.84 Å². The smallest absolute Gasteiger partial charge is 0.178 e. The van der Waals surface area contributed by atoms with Crippen LogP contribution in [0.1, 0.15) is 134 Å². The van der Waals surface area contributed by atoms with Gasteiger partial charge in [-0.05, 0) is 60.4 Å². The van der Waals surface area contributed by atoms with Gasteiger partial charge in [-0.3, -0.25) is 0 Å². The number of sulfone groups is 1. The molecular formula is C36H56O3S2. The number of thioether (sulfide) groups is 1. The first kappa shape index (κ1) is 35.6. The molecule has 2 rings (SSSR count). The van der Waals surface area contributed by atoms with E-state index in [9.17, 15) is 8.42 Å². The third-order valence-electron chi connectivity index (χ3n) is 7.68. The summed E-state index contributed by atoms with van der Waals surface area (Å²) in [6.45, 7) is 2.46.